The molecule has 0 radical (unpaired) electrons. The quantitative estimate of drug-likeness (QED) is 0.479. The van der Waals surface area contributed by atoms with E-state index in [4.69, 9.17) is 9.84 Å². The topological polar surface area (TPSA) is 70.6 Å². The lowest BCUT2D eigenvalue weighted by atomic mass is 10.1. The molecule has 0 aromatic carbocycles. The van der Waals surface area contributed by atoms with Gasteiger partial charge in [0.2, 0.25) is 5.91 Å². The Morgan fingerprint density at radius 3 is 2.62 bits per heavy atom. The van der Waals surface area contributed by atoms with Crippen molar-refractivity contribution in [2.45, 2.75) is 26.3 Å². The first-order valence-corrected chi connectivity index (χ1v) is 5.71. The molecule has 0 bridgehead atoms. The van der Waals surface area contributed by atoms with Gasteiger partial charge in [0.25, 0.3) is 0 Å². The molecule has 0 aliphatic heterocycles. The smallest absolute Gasteiger partial charge is 0.233 e. The van der Waals surface area contributed by atoms with E-state index in [-0.39, 0.29) is 25.1 Å². The molecular formula is C11H24N2O3. The SMILES string of the molecule is COCCCNC(=O)CNC(CO)C(C)C. The highest BCUT2D eigenvalue weighted by Gasteiger charge is 2.12. The molecule has 5 nitrogen and oxygen atoms in total. The molecule has 16 heavy (non-hydrogen) atoms. The van der Waals surface area contributed by atoms with Crippen molar-refractivity contribution in [1.29, 1.82) is 0 Å². The Bertz CT molecular complexity index is 186. The first-order chi connectivity index (χ1) is 7.61. The molecule has 0 fully saturated rings. The normalized spacial score (nSPS) is 12.8. The summed E-state index contributed by atoms with van der Waals surface area (Å²) in [7, 11) is 1.64. The van der Waals surface area contributed by atoms with E-state index in [1.807, 2.05) is 13.8 Å². The number of aliphatic hydroxyl groups is 1. The van der Waals surface area contributed by atoms with Gasteiger partial charge in [-0.3, -0.25) is 4.79 Å². The third kappa shape index (κ3) is 7.62. The molecule has 1 unspecified atom stereocenters. The predicted molar refractivity (Wildman–Crippen MR) is 63.2 cm³/mol. The summed E-state index contributed by atoms with van der Waals surface area (Å²) in [4.78, 5) is 11.4. The van der Waals surface area contributed by atoms with Crippen LogP contribution in [0.4, 0.5) is 0 Å². The molecule has 3 N–H and O–H groups in total. The van der Waals surface area contributed by atoms with E-state index in [1.54, 1.807) is 7.11 Å². The molecule has 0 aliphatic carbocycles. The maximum absolute atomic E-state index is 11.4. The van der Waals surface area contributed by atoms with Crippen molar-refractivity contribution in [3.05, 3.63) is 0 Å². The minimum Gasteiger partial charge on any atom is -0.395 e. The van der Waals surface area contributed by atoms with Crippen LogP contribution in [0.2, 0.25) is 0 Å². The Balaban J connectivity index is 3.55. The standard InChI is InChI=1S/C11H24N2O3/c1-9(2)10(8-14)13-7-11(15)12-5-4-6-16-3/h9-10,13-14H,4-8H2,1-3H3,(H,12,15). The lowest BCUT2D eigenvalue weighted by molar-refractivity contribution is -0.120. The van der Waals surface area contributed by atoms with Gasteiger partial charge in [-0.15, -0.1) is 0 Å². The molecule has 0 aromatic rings. The molecule has 1 atom stereocenters. The summed E-state index contributed by atoms with van der Waals surface area (Å²) in [5.41, 5.74) is 0. The predicted octanol–water partition coefficient (Wildman–Crippen LogP) is -0.254. The van der Waals surface area contributed by atoms with E-state index < -0.39 is 0 Å². The van der Waals surface area contributed by atoms with Crippen molar-refractivity contribution in [3.63, 3.8) is 0 Å². The molecule has 96 valence electrons. The van der Waals surface area contributed by atoms with E-state index in [1.165, 1.54) is 0 Å². The Hall–Kier alpha value is -0.650. The number of rotatable bonds is 9. The number of hydrogen-bond donors (Lipinski definition) is 3. The van der Waals surface area contributed by atoms with Crippen LogP contribution in [0.25, 0.3) is 0 Å². The van der Waals surface area contributed by atoms with Gasteiger partial charge in [-0.1, -0.05) is 13.8 Å². The third-order valence-corrected chi connectivity index (χ3v) is 2.37. The molecule has 0 saturated heterocycles. The summed E-state index contributed by atoms with van der Waals surface area (Å²) in [5, 5.41) is 14.8. The van der Waals surface area contributed by atoms with Gasteiger partial charge in [0, 0.05) is 26.3 Å². The second kappa shape index (κ2) is 9.57. The summed E-state index contributed by atoms with van der Waals surface area (Å²) in [6, 6.07) is -0.0234. The van der Waals surface area contributed by atoms with Gasteiger partial charge in [-0.2, -0.15) is 0 Å². The van der Waals surface area contributed by atoms with Crippen molar-refractivity contribution < 1.29 is 14.6 Å². The third-order valence-electron chi connectivity index (χ3n) is 2.37. The fourth-order valence-corrected chi connectivity index (χ4v) is 1.24. The van der Waals surface area contributed by atoms with Crippen molar-refractivity contribution in [2.75, 3.05) is 33.4 Å². The van der Waals surface area contributed by atoms with Crippen molar-refractivity contribution >= 4 is 5.91 Å². The van der Waals surface area contributed by atoms with E-state index in [9.17, 15) is 4.79 Å². The number of nitrogens with one attached hydrogen (secondary N) is 2. The number of aliphatic hydroxyl groups excluding tert-OH is 1. The summed E-state index contributed by atoms with van der Waals surface area (Å²) in [6.07, 6.45) is 0.815. The van der Waals surface area contributed by atoms with Gasteiger partial charge in [0.05, 0.1) is 13.2 Å². The van der Waals surface area contributed by atoms with Crippen LogP contribution in [0.15, 0.2) is 0 Å². The maximum Gasteiger partial charge on any atom is 0.233 e. The molecule has 0 spiro atoms. The number of carbonyl (C=O) groups is 1. The van der Waals surface area contributed by atoms with Crippen LogP contribution in [0.1, 0.15) is 20.3 Å². The summed E-state index contributed by atoms with van der Waals surface area (Å²) >= 11 is 0. The zero-order valence-corrected chi connectivity index (χ0v) is 10.5. The van der Waals surface area contributed by atoms with Crippen LogP contribution in [-0.4, -0.2) is 50.5 Å². The van der Waals surface area contributed by atoms with Gasteiger partial charge in [-0.25, -0.2) is 0 Å². The molecule has 0 aromatic heterocycles. The molecule has 0 aliphatic rings. The zero-order valence-electron chi connectivity index (χ0n) is 10.5. The van der Waals surface area contributed by atoms with Gasteiger partial charge >= 0.3 is 0 Å². The van der Waals surface area contributed by atoms with Crippen molar-refractivity contribution in [3.8, 4) is 0 Å². The van der Waals surface area contributed by atoms with Crippen LogP contribution in [0.5, 0.6) is 0 Å². The lowest BCUT2D eigenvalue weighted by Gasteiger charge is -2.19. The van der Waals surface area contributed by atoms with Gasteiger partial charge in [0.1, 0.15) is 0 Å². The number of methoxy groups -OCH3 is 1. The fourth-order valence-electron chi connectivity index (χ4n) is 1.24. The average molecular weight is 232 g/mol. The zero-order chi connectivity index (χ0) is 12.4. The fraction of sp³-hybridized carbons (Fsp3) is 0.909. The van der Waals surface area contributed by atoms with Crippen molar-refractivity contribution in [1.82, 2.24) is 10.6 Å². The van der Waals surface area contributed by atoms with E-state index in [0.29, 0.717) is 19.1 Å². The maximum atomic E-state index is 11.4. The van der Waals surface area contributed by atoms with Crippen LogP contribution < -0.4 is 10.6 Å². The second-order valence-electron chi connectivity index (χ2n) is 4.11. The van der Waals surface area contributed by atoms with Gasteiger partial charge < -0.3 is 20.5 Å². The highest BCUT2D eigenvalue weighted by molar-refractivity contribution is 5.77. The van der Waals surface area contributed by atoms with Crippen molar-refractivity contribution in [2.24, 2.45) is 5.92 Å². The first-order valence-electron chi connectivity index (χ1n) is 5.71. The Kier molecular flexibility index (Phi) is 9.18. The molecule has 1 amide bonds. The van der Waals surface area contributed by atoms with Crippen LogP contribution >= 0.6 is 0 Å². The molecule has 0 rings (SSSR count). The van der Waals surface area contributed by atoms with Gasteiger partial charge in [0.15, 0.2) is 0 Å². The summed E-state index contributed by atoms with van der Waals surface area (Å²) < 4.78 is 4.87. The van der Waals surface area contributed by atoms with Crippen LogP contribution in [0.3, 0.4) is 0 Å². The Morgan fingerprint density at radius 2 is 2.12 bits per heavy atom. The van der Waals surface area contributed by atoms with E-state index in [0.717, 1.165) is 6.42 Å². The number of ether oxygens (including phenoxy) is 1. The lowest BCUT2D eigenvalue weighted by Crippen LogP contribution is -2.43. The Labute approximate surface area is 97.6 Å². The van der Waals surface area contributed by atoms with E-state index >= 15 is 0 Å². The first kappa shape index (κ1) is 15.3. The minimum atomic E-state index is -0.0461. The van der Waals surface area contributed by atoms with E-state index in [2.05, 4.69) is 10.6 Å². The molecule has 0 saturated carbocycles. The largest absolute Gasteiger partial charge is 0.395 e. The van der Waals surface area contributed by atoms with Gasteiger partial charge in [-0.05, 0) is 12.3 Å². The minimum absolute atomic E-state index is 0.0234. The van der Waals surface area contributed by atoms with Crippen LogP contribution in [0, 0.1) is 5.92 Å². The molecular weight excluding hydrogens is 208 g/mol. The number of hydrogen-bond acceptors (Lipinski definition) is 4. The highest BCUT2D eigenvalue weighted by atomic mass is 16.5. The monoisotopic (exact) mass is 232 g/mol. The van der Waals surface area contributed by atoms with Crippen LogP contribution in [-0.2, 0) is 9.53 Å². The Morgan fingerprint density at radius 1 is 1.44 bits per heavy atom. The highest BCUT2D eigenvalue weighted by Crippen LogP contribution is 1.99. The molecule has 5 heteroatoms. The average Bonchev–Trinajstić information content (AvgIpc) is 2.25. The number of carbonyl (C=O) groups excluding carboxylic acids is 1. The number of amides is 1. The summed E-state index contributed by atoms with van der Waals surface area (Å²) in [5.74, 6) is 0.265. The summed E-state index contributed by atoms with van der Waals surface area (Å²) in [6.45, 7) is 5.58. The second-order valence-corrected chi connectivity index (χ2v) is 4.11. The molecule has 0 heterocycles.